The number of carbonyl (C=O) groups is 1. The van der Waals surface area contributed by atoms with Crippen LogP contribution in [-0.2, 0) is 26.9 Å². The summed E-state index contributed by atoms with van der Waals surface area (Å²) in [5.74, 6) is -1.68. The van der Waals surface area contributed by atoms with Crippen molar-refractivity contribution in [3.05, 3.63) is 65.8 Å². The maximum atomic E-state index is 13.4. The Labute approximate surface area is 243 Å². The van der Waals surface area contributed by atoms with Gasteiger partial charge in [0.25, 0.3) is 0 Å². The molecule has 1 aliphatic heterocycles. The summed E-state index contributed by atoms with van der Waals surface area (Å²) in [5, 5.41) is -0.408. The first-order valence-electron chi connectivity index (χ1n) is 14.3. The molecule has 42 heavy (non-hydrogen) atoms. The van der Waals surface area contributed by atoms with Crippen molar-refractivity contribution in [3.8, 4) is 11.5 Å². The van der Waals surface area contributed by atoms with E-state index >= 15 is 0 Å². The van der Waals surface area contributed by atoms with E-state index in [9.17, 15) is 26.4 Å². The van der Waals surface area contributed by atoms with Gasteiger partial charge in [-0.15, -0.1) is 0 Å². The third-order valence-corrected chi connectivity index (χ3v) is 10.4. The van der Waals surface area contributed by atoms with E-state index in [1.54, 1.807) is 19.1 Å². The smallest absolute Gasteiger partial charge is 0.441 e. The molecule has 2 aromatic heterocycles. The van der Waals surface area contributed by atoms with Gasteiger partial charge in [-0.25, -0.2) is 13.4 Å². The zero-order valence-corrected chi connectivity index (χ0v) is 24.3. The minimum absolute atomic E-state index is 0.0381. The van der Waals surface area contributed by atoms with Gasteiger partial charge in [0, 0.05) is 29.7 Å². The Hall–Kier alpha value is -3.25. The van der Waals surface area contributed by atoms with Gasteiger partial charge in [-0.05, 0) is 94.4 Å². The lowest BCUT2D eigenvalue weighted by molar-refractivity contribution is -0.170. The van der Waals surface area contributed by atoms with Gasteiger partial charge in [0.1, 0.15) is 5.76 Å². The number of alkyl halides is 3. The first-order chi connectivity index (χ1) is 20.0. The maximum absolute atomic E-state index is 13.4. The SMILES string of the molecule is Cc1oc(-c2ccc(N(Cc3cccnc3)C(=O)C(F)(F)F)cc2)nc1CS(=O)(=O)C1CCC(N2CCCCC2)CC1. The highest BCUT2D eigenvalue weighted by atomic mass is 32.2. The summed E-state index contributed by atoms with van der Waals surface area (Å²) >= 11 is 0. The molecule has 0 bridgehead atoms. The van der Waals surface area contributed by atoms with Crippen LogP contribution in [0.15, 0.2) is 53.2 Å². The Morgan fingerprint density at radius 3 is 2.36 bits per heavy atom. The van der Waals surface area contributed by atoms with Crippen LogP contribution in [0.1, 0.15) is 62.0 Å². The Kier molecular flexibility index (Phi) is 9.03. The van der Waals surface area contributed by atoms with Gasteiger partial charge in [-0.2, -0.15) is 13.2 Å². The zero-order valence-electron chi connectivity index (χ0n) is 23.5. The summed E-state index contributed by atoms with van der Waals surface area (Å²) < 4.78 is 72.5. The summed E-state index contributed by atoms with van der Waals surface area (Å²) in [6.45, 7) is 3.54. The maximum Gasteiger partial charge on any atom is 0.471 e. The molecule has 1 aromatic carbocycles. The number of amides is 1. The van der Waals surface area contributed by atoms with Crippen molar-refractivity contribution < 1.29 is 30.8 Å². The molecule has 0 atom stereocenters. The highest BCUT2D eigenvalue weighted by Gasteiger charge is 2.43. The summed E-state index contributed by atoms with van der Waals surface area (Å²) in [7, 11) is -3.45. The Morgan fingerprint density at radius 2 is 1.74 bits per heavy atom. The molecule has 2 fully saturated rings. The van der Waals surface area contributed by atoms with E-state index in [1.165, 1.54) is 55.9 Å². The fraction of sp³-hybridized carbons (Fsp3) is 0.500. The van der Waals surface area contributed by atoms with Crippen LogP contribution in [0.25, 0.3) is 11.5 Å². The summed E-state index contributed by atoms with van der Waals surface area (Å²) in [6, 6.07) is 9.40. The third-order valence-electron chi connectivity index (χ3n) is 8.27. The number of sulfone groups is 1. The van der Waals surface area contributed by atoms with Crippen LogP contribution in [0, 0.1) is 6.92 Å². The lowest BCUT2D eigenvalue weighted by Gasteiger charge is -2.38. The zero-order chi connectivity index (χ0) is 29.9. The Bertz CT molecular complexity index is 1460. The lowest BCUT2D eigenvalue weighted by atomic mass is 9.92. The first-order valence-corrected chi connectivity index (χ1v) is 16.0. The summed E-state index contributed by atoms with van der Waals surface area (Å²) in [5.41, 5.74) is 1.26. The molecule has 226 valence electrons. The van der Waals surface area contributed by atoms with E-state index in [1.807, 2.05) is 0 Å². The van der Waals surface area contributed by atoms with E-state index in [4.69, 9.17) is 4.42 Å². The van der Waals surface area contributed by atoms with Gasteiger partial charge in [-0.3, -0.25) is 9.78 Å². The van der Waals surface area contributed by atoms with Crippen molar-refractivity contribution in [2.45, 2.75) is 81.6 Å². The van der Waals surface area contributed by atoms with Crippen LogP contribution in [0.5, 0.6) is 0 Å². The molecule has 0 N–H and O–H groups in total. The second-order valence-electron chi connectivity index (χ2n) is 11.2. The first kappa shape index (κ1) is 30.2. The fourth-order valence-electron chi connectivity index (χ4n) is 5.94. The Balaban J connectivity index is 1.27. The molecule has 2 aliphatic rings. The predicted molar refractivity (Wildman–Crippen MR) is 152 cm³/mol. The number of aromatic nitrogens is 2. The molecule has 12 heteroatoms. The summed E-state index contributed by atoms with van der Waals surface area (Å²) in [4.78, 5) is 23.7. The van der Waals surface area contributed by atoms with Gasteiger partial charge in [0.15, 0.2) is 9.84 Å². The number of hydrogen-bond donors (Lipinski definition) is 0. The van der Waals surface area contributed by atoms with Gasteiger partial charge < -0.3 is 14.2 Å². The largest absolute Gasteiger partial charge is 0.471 e. The molecule has 0 unspecified atom stereocenters. The van der Waals surface area contributed by atoms with Crippen LogP contribution < -0.4 is 4.90 Å². The molecule has 3 aromatic rings. The second-order valence-corrected chi connectivity index (χ2v) is 13.4. The predicted octanol–water partition coefficient (Wildman–Crippen LogP) is 5.85. The number of anilines is 1. The monoisotopic (exact) mass is 604 g/mol. The highest BCUT2D eigenvalue weighted by Crippen LogP contribution is 2.33. The number of rotatable bonds is 8. The normalized spacial score (nSPS) is 20.4. The van der Waals surface area contributed by atoms with Gasteiger partial charge >= 0.3 is 12.1 Å². The van der Waals surface area contributed by atoms with Crippen molar-refractivity contribution in [1.29, 1.82) is 0 Å². The standard InChI is InChI=1S/C30H35F3N4O4S/c1-21-27(20-42(39,40)26-13-11-24(12-14-26)36-16-3-2-4-17-36)35-28(41-21)23-7-9-25(10-8-23)37(29(38)30(31,32)33)19-22-6-5-15-34-18-22/h5-10,15,18,24,26H,2-4,11-14,16-17,19-20H2,1H3. The molecule has 8 nitrogen and oxygen atoms in total. The number of oxazole rings is 1. The number of halogens is 3. The number of nitrogens with zero attached hydrogens (tertiary/aromatic N) is 4. The topological polar surface area (TPSA) is 96.6 Å². The lowest BCUT2D eigenvalue weighted by Crippen LogP contribution is -2.43. The molecule has 5 rings (SSSR count). The second kappa shape index (κ2) is 12.5. The highest BCUT2D eigenvalue weighted by molar-refractivity contribution is 7.91. The van der Waals surface area contributed by atoms with Crippen molar-refractivity contribution in [3.63, 3.8) is 0 Å². The van der Waals surface area contributed by atoms with E-state index in [-0.39, 0.29) is 23.9 Å². The van der Waals surface area contributed by atoms with E-state index < -0.39 is 27.2 Å². The molecule has 3 heterocycles. The van der Waals surface area contributed by atoms with E-state index in [0.29, 0.717) is 46.4 Å². The quantitative estimate of drug-likeness (QED) is 0.318. The number of aryl methyl sites for hydroxylation is 1. The van der Waals surface area contributed by atoms with Gasteiger partial charge in [-0.1, -0.05) is 12.5 Å². The van der Waals surface area contributed by atoms with Gasteiger partial charge in [0.05, 0.1) is 23.2 Å². The molecule has 1 aliphatic carbocycles. The van der Waals surface area contributed by atoms with Crippen LogP contribution >= 0.6 is 0 Å². The molecule has 1 saturated carbocycles. The van der Waals surface area contributed by atoms with Crippen LogP contribution in [-0.4, -0.2) is 59.8 Å². The summed E-state index contributed by atoms with van der Waals surface area (Å²) in [6.07, 6.45) is 4.57. The molecule has 0 spiro atoms. The van der Waals surface area contributed by atoms with Crippen molar-refractivity contribution in [2.75, 3.05) is 18.0 Å². The minimum atomic E-state index is -5.06. The number of pyridine rings is 1. The molecule has 1 amide bonds. The average Bonchev–Trinajstić information content (AvgIpc) is 3.35. The van der Waals surface area contributed by atoms with Crippen LogP contribution in [0.4, 0.5) is 18.9 Å². The number of likely N-dealkylation sites (tertiary alicyclic amines) is 1. The fourth-order valence-corrected chi connectivity index (χ4v) is 7.81. The molecular weight excluding hydrogens is 569 g/mol. The average molecular weight is 605 g/mol. The van der Waals surface area contributed by atoms with Crippen LogP contribution in [0.2, 0.25) is 0 Å². The van der Waals surface area contributed by atoms with E-state index in [2.05, 4.69) is 14.9 Å². The van der Waals surface area contributed by atoms with Crippen LogP contribution in [0.3, 0.4) is 0 Å². The number of benzene rings is 1. The molecule has 0 radical (unpaired) electrons. The number of piperidine rings is 1. The van der Waals surface area contributed by atoms with Crippen molar-refractivity contribution in [1.82, 2.24) is 14.9 Å². The van der Waals surface area contributed by atoms with Crippen molar-refractivity contribution >= 4 is 21.4 Å². The molecular formula is C30H35F3N4O4S. The third kappa shape index (κ3) is 7.03. The van der Waals surface area contributed by atoms with Gasteiger partial charge in [0.2, 0.25) is 5.89 Å². The number of carbonyl (C=O) groups excluding carboxylic acids is 1. The van der Waals surface area contributed by atoms with E-state index in [0.717, 1.165) is 25.9 Å². The minimum Gasteiger partial charge on any atom is -0.441 e. The Morgan fingerprint density at radius 1 is 1.05 bits per heavy atom. The molecule has 1 saturated heterocycles. The van der Waals surface area contributed by atoms with Crippen molar-refractivity contribution in [2.24, 2.45) is 0 Å². The number of hydrogen-bond acceptors (Lipinski definition) is 7.